The lowest BCUT2D eigenvalue weighted by Gasteiger charge is -2.37. The Morgan fingerprint density at radius 2 is 2.11 bits per heavy atom. The number of hydrogen-bond donors (Lipinski definition) is 1. The minimum absolute atomic E-state index is 0.0474. The molecule has 1 heterocycles. The molecule has 102 valence electrons. The Morgan fingerprint density at radius 3 is 2.79 bits per heavy atom. The van der Waals surface area contributed by atoms with E-state index in [9.17, 15) is 14.0 Å². The molecule has 1 aliphatic heterocycles. The molecule has 1 fully saturated rings. The van der Waals surface area contributed by atoms with E-state index in [1.54, 1.807) is 26.0 Å². The highest BCUT2D eigenvalue weighted by Crippen LogP contribution is 2.20. The molecule has 1 saturated heterocycles. The van der Waals surface area contributed by atoms with E-state index in [1.165, 1.54) is 11.0 Å². The Morgan fingerprint density at radius 1 is 1.42 bits per heavy atom. The van der Waals surface area contributed by atoms with Crippen LogP contribution >= 0.6 is 15.9 Å². The molecule has 1 aromatic rings. The van der Waals surface area contributed by atoms with Gasteiger partial charge < -0.3 is 10.2 Å². The summed E-state index contributed by atoms with van der Waals surface area (Å²) in [6, 6.07) is 4.54. The number of nitrogens with one attached hydrogen (secondary N) is 1. The largest absolute Gasteiger partial charge is 0.341 e. The van der Waals surface area contributed by atoms with Gasteiger partial charge in [-0.3, -0.25) is 9.59 Å². The predicted molar refractivity (Wildman–Crippen MR) is 71.7 cm³/mol. The van der Waals surface area contributed by atoms with E-state index in [-0.39, 0.29) is 30.7 Å². The Labute approximate surface area is 119 Å². The molecular weight excluding hydrogens is 315 g/mol. The van der Waals surface area contributed by atoms with Gasteiger partial charge in [0.25, 0.3) is 0 Å². The number of carbonyl (C=O) groups is 2. The molecule has 0 atom stereocenters. The molecule has 19 heavy (non-hydrogen) atoms. The molecule has 4 nitrogen and oxygen atoms in total. The van der Waals surface area contributed by atoms with Crippen molar-refractivity contribution in [1.82, 2.24) is 10.2 Å². The molecule has 1 N–H and O–H groups in total. The van der Waals surface area contributed by atoms with Crippen LogP contribution in [0.3, 0.4) is 0 Å². The van der Waals surface area contributed by atoms with Crippen molar-refractivity contribution in [3.63, 3.8) is 0 Å². The smallest absolute Gasteiger partial charge is 0.248 e. The fourth-order valence-electron chi connectivity index (χ4n) is 2.08. The third kappa shape index (κ3) is 2.94. The van der Waals surface area contributed by atoms with Gasteiger partial charge in [0, 0.05) is 16.6 Å². The van der Waals surface area contributed by atoms with E-state index in [0.29, 0.717) is 5.56 Å². The normalized spacial score (nSPS) is 18.4. The van der Waals surface area contributed by atoms with E-state index >= 15 is 0 Å². The summed E-state index contributed by atoms with van der Waals surface area (Å²) >= 11 is 3.26. The number of hydrogen-bond acceptors (Lipinski definition) is 2. The second-order valence-electron chi connectivity index (χ2n) is 5.07. The molecule has 0 unspecified atom stereocenters. The summed E-state index contributed by atoms with van der Waals surface area (Å²) in [6.45, 7) is 3.31. The summed E-state index contributed by atoms with van der Waals surface area (Å²) in [7, 11) is 0. The van der Waals surface area contributed by atoms with Crippen LogP contribution < -0.4 is 5.32 Å². The van der Waals surface area contributed by atoms with E-state index in [2.05, 4.69) is 21.2 Å². The Kier molecular flexibility index (Phi) is 3.62. The molecule has 0 bridgehead atoms. The van der Waals surface area contributed by atoms with Gasteiger partial charge in [-0.1, -0.05) is 15.9 Å². The molecule has 6 heteroatoms. The van der Waals surface area contributed by atoms with Crippen LogP contribution in [0.1, 0.15) is 19.4 Å². The molecule has 1 aliphatic rings. The summed E-state index contributed by atoms with van der Waals surface area (Å²) in [5.41, 5.74) is -0.564. The van der Waals surface area contributed by atoms with Crippen molar-refractivity contribution in [2.45, 2.75) is 25.9 Å². The molecular formula is C13H14BrFN2O2. The van der Waals surface area contributed by atoms with E-state index in [0.717, 1.165) is 4.47 Å². The quantitative estimate of drug-likeness (QED) is 0.900. The van der Waals surface area contributed by atoms with Crippen LogP contribution in [0.2, 0.25) is 0 Å². The van der Waals surface area contributed by atoms with Crippen LogP contribution in [0.4, 0.5) is 4.39 Å². The maximum absolute atomic E-state index is 13.7. The standard InChI is InChI=1S/C13H14BrFN2O2/c1-13(2)12(19)17(7-11(18)16-13)6-8-5-9(14)3-4-10(8)15/h3-5H,6-7H2,1-2H3,(H,16,18). The summed E-state index contributed by atoms with van der Waals surface area (Å²) in [5.74, 6) is -0.841. The van der Waals surface area contributed by atoms with Gasteiger partial charge in [-0.05, 0) is 32.0 Å². The fourth-order valence-corrected chi connectivity index (χ4v) is 2.49. The highest BCUT2D eigenvalue weighted by Gasteiger charge is 2.39. The number of amides is 2. The second kappa shape index (κ2) is 4.92. The van der Waals surface area contributed by atoms with Crippen LogP contribution in [0.15, 0.2) is 22.7 Å². The Balaban J connectivity index is 2.24. The zero-order valence-corrected chi connectivity index (χ0v) is 12.3. The van der Waals surface area contributed by atoms with Crippen molar-refractivity contribution >= 4 is 27.7 Å². The average Bonchev–Trinajstić information content (AvgIpc) is 2.29. The monoisotopic (exact) mass is 328 g/mol. The Bertz CT molecular complexity index is 545. The van der Waals surface area contributed by atoms with Crippen molar-refractivity contribution < 1.29 is 14.0 Å². The number of carbonyl (C=O) groups excluding carboxylic acids is 2. The summed E-state index contributed by atoms with van der Waals surface area (Å²) in [4.78, 5) is 25.1. The Hall–Kier alpha value is -1.43. The zero-order valence-electron chi connectivity index (χ0n) is 10.7. The molecule has 2 rings (SSSR count). The topological polar surface area (TPSA) is 49.4 Å². The van der Waals surface area contributed by atoms with Gasteiger partial charge in [0.2, 0.25) is 11.8 Å². The van der Waals surface area contributed by atoms with Crippen LogP contribution in [-0.2, 0) is 16.1 Å². The highest BCUT2D eigenvalue weighted by molar-refractivity contribution is 9.10. The van der Waals surface area contributed by atoms with Crippen molar-refractivity contribution in [3.8, 4) is 0 Å². The van der Waals surface area contributed by atoms with Gasteiger partial charge in [-0.2, -0.15) is 0 Å². The van der Waals surface area contributed by atoms with Gasteiger partial charge in [0.1, 0.15) is 11.4 Å². The van der Waals surface area contributed by atoms with Crippen molar-refractivity contribution in [1.29, 1.82) is 0 Å². The maximum atomic E-state index is 13.7. The van der Waals surface area contributed by atoms with E-state index < -0.39 is 5.54 Å². The first-order chi connectivity index (χ1) is 8.79. The minimum atomic E-state index is -0.947. The highest BCUT2D eigenvalue weighted by atomic mass is 79.9. The number of rotatable bonds is 2. The van der Waals surface area contributed by atoms with Crippen LogP contribution in [-0.4, -0.2) is 28.8 Å². The van der Waals surface area contributed by atoms with Gasteiger partial charge in [-0.25, -0.2) is 4.39 Å². The second-order valence-corrected chi connectivity index (χ2v) is 5.99. The molecule has 0 radical (unpaired) electrons. The van der Waals surface area contributed by atoms with Gasteiger partial charge in [0.05, 0.1) is 6.54 Å². The number of halogens is 2. The first kappa shape index (κ1) is 14.0. The fraction of sp³-hybridized carbons (Fsp3) is 0.385. The van der Waals surface area contributed by atoms with Gasteiger partial charge in [-0.15, -0.1) is 0 Å². The lowest BCUT2D eigenvalue weighted by molar-refractivity contribution is -0.149. The van der Waals surface area contributed by atoms with E-state index in [4.69, 9.17) is 0 Å². The lowest BCUT2D eigenvalue weighted by Crippen LogP contribution is -2.63. The zero-order chi connectivity index (χ0) is 14.2. The molecule has 0 spiro atoms. The first-order valence-corrected chi connectivity index (χ1v) is 6.63. The lowest BCUT2D eigenvalue weighted by atomic mass is 10.00. The van der Waals surface area contributed by atoms with Gasteiger partial charge >= 0.3 is 0 Å². The predicted octanol–water partition coefficient (Wildman–Crippen LogP) is 1.83. The van der Waals surface area contributed by atoms with Gasteiger partial charge in [0.15, 0.2) is 0 Å². The van der Waals surface area contributed by atoms with E-state index in [1.807, 2.05) is 0 Å². The third-order valence-electron chi connectivity index (χ3n) is 2.98. The third-order valence-corrected chi connectivity index (χ3v) is 3.47. The van der Waals surface area contributed by atoms with Crippen LogP contribution in [0, 0.1) is 5.82 Å². The number of benzene rings is 1. The molecule has 2 amide bonds. The first-order valence-electron chi connectivity index (χ1n) is 5.84. The summed E-state index contributed by atoms with van der Waals surface area (Å²) in [6.07, 6.45) is 0. The molecule has 0 aliphatic carbocycles. The van der Waals surface area contributed by atoms with Crippen molar-refractivity contribution in [2.75, 3.05) is 6.54 Å². The SMILES string of the molecule is CC1(C)NC(=O)CN(Cc2cc(Br)ccc2F)C1=O. The van der Waals surface area contributed by atoms with Crippen LogP contribution in [0.25, 0.3) is 0 Å². The molecule has 0 aromatic heterocycles. The molecule has 0 saturated carbocycles. The van der Waals surface area contributed by atoms with Crippen molar-refractivity contribution in [2.24, 2.45) is 0 Å². The summed E-state index contributed by atoms with van der Waals surface area (Å²) in [5, 5.41) is 2.61. The maximum Gasteiger partial charge on any atom is 0.248 e. The average molecular weight is 329 g/mol. The number of nitrogens with zero attached hydrogens (tertiary/aromatic N) is 1. The minimum Gasteiger partial charge on any atom is -0.341 e. The summed E-state index contributed by atoms with van der Waals surface area (Å²) < 4.78 is 14.4. The molecule has 1 aromatic carbocycles. The number of piperazine rings is 1. The van der Waals surface area contributed by atoms with Crippen LogP contribution in [0.5, 0.6) is 0 Å². The van der Waals surface area contributed by atoms with Crippen molar-refractivity contribution in [3.05, 3.63) is 34.1 Å².